The first kappa shape index (κ1) is 15.1. The van der Waals surface area contributed by atoms with E-state index in [2.05, 4.69) is 24.5 Å². The highest BCUT2D eigenvalue weighted by Crippen LogP contribution is 2.35. The molecule has 5 heteroatoms. The van der Waals surface area contributed by atoms with E-state index in [9.17, 15) is 9.59 Å². The van der Waals surface area contributed by atoms with Gasteiger partial charge in [-0.05, 0) is 43.4 Å². The average Bonchev–Trinajstić information content (AvgIpc) is 3.09. The molecule has 2 fully saturated rings. The molecule has 0 heterocycles. The van der Waals surface area contributed by atoms with Crippen molar-refractivity contribution in [2.24, 2.45) is 11.3 Å². The molecule has 0 radical (unpaired) electrons. The normalized spacial score (nSPS) is 26.6. The number of rotatable bonds is 5. The van der Waals surface area contributed by atoms with Gasteiger partial charge in [0.25, 0.3) is 0 Å². The first-order valence-corrected chi connectivity index (χ1v) is 7.64. The second-order valence-electron chi connectivity index (χ2n) is 7.12. The van der Waals surface area contributed by atoms with E-state index in [0.29, 0.717) is 5.92 Å². The summed E-state index contributed by atoms with van der Waals surface area (Å²) in [5, 5.41) is 14.8. The van der Waals surface area contributed by atoms with Crippen LogP contribution in [0.5, 0.6) is 0 Å². The number of carbonyl (C=O) groups is 2. The van der Waals surface area contributed by atoms with Crippen LogP contribution in [0.25, 0.3) is 0 Å². The van der Waals surface area contributed by atoms with E-state index in [1.807, 2.05) is 0 Å². The first-order valence-electron chi connectivity index (χ1n) is 7.64. The van der Waals surface area contributed by atoms with E-state index in [1.54, 1.807) is 0 Å². The Hall–Kier alpha value is -1.26. The molecule has 0 bridgehead atoms. The van der Waals surface area contributed by atoms with Gasteiger partial charge in [-0.15, -0.1) is 0 Å². The van der Waals surface area contributed by atoms with Gasteiger partial charge in [-0.1, -0.05) is 20.3 Å². The third kappa shape index (κ3) is 4.69. The molecule has 2 aliphatic rings. The smallest absolute Gasteiger partial charge is 0.315 e. The number of carboxylic acid groups (broad SMARTS) is 1. The maximum Gasteiger partial charge on any atom is 0.315 e. The zero-order valence-electron chi connectivity index (χ0n) is 12.4. The number of amides is 2. The number of aliphatic carboxylic acids is 1. The van der Waals surface area contributed by atoms with Crippen LogP contribution in [0.1, 0.15) is 58.8 Å². The van der Waals surface area contributed by atoms with Crippen molar-refractivity contribution in [2.45, 2.75) is 70.9 Å². The lowest BCUT2D eigenvalue weighted by Gasteiger charge is -2.35. The molecule has 0 aliphatic heterocycles. The summed E-state index contributed by atoms with van der Waals surface area (Å²) >= 11 is 0. The fraction of sp³-hybridized carbons (Fsp3) is 0.867. The Morgan fingerprint density at radius 2 is 2.00 bits per heavy atom. The van der Waals surface area contributed by atoms with Crippen LogP contribution in [0.4, 0.5) is 4.79 Å². The van der Waals surface area contributed by atoms with E-state index in [4.69, 9.17) is 5.11 Å². The minimum Gasteiger partial charge on any atom is -0.481 e. The Kier molecular flexibility index (Phi) is 4.55. The van der Waals surface area contributed by atoms with Crippen molar-refractivity contribution in [3.05, 3.63) is 0 Å². The molecule has 20 heavy (non-hydrogen) atoms. The van der Waals surface area contributed by atoms with Crippen LogP contribution >= 0.6 is 0 Å². The highest BCUT2D eigenvalue weighted by atomic mass is 16.4. The molecule has 2 saturated carbocycles. The van der Waals surface area contributed by atoms with Crippen LogP contribution in [0, 0.1) is 11.3 Å². The SMILES string of the molecule is CC1(C)CCCC(NC(=O)NC(CC(=O)O)C2CC2)C1. The van der Waals surface area contributed by atoms with Gasteiger partial charge < -0.3 is 15.7 Å². The minimum absolute atomic E-state index is 0.0221. The summed E-state index contributed by atoms with van der Waals surface area (Å²) in [7, 11) is 0. The highest BCUT2D eigenvalue weighted by molar-refractivity contribution is 5.76. The van der Waals surface area contributed by atoms with Gasteiger partial charge in [0, 0.05) is 12.1 Å². The third-order valence-electron chi connectivity index (χ3n) is 4.44. The fourth-order valence-electron chi connectivity index (χ4n) is 3.24. The van der Waals surface area contributed by atoms with Gasteiger partial charge >= 0.3 is 12.0 Å². The Morgan fingerprint density at radius 3 is 2.55 bits per heavy atom. The van der Waals surface area contributed by atoms with Crippen molar-refractivity contribution >= 4 is 12.0 Å². The van der Waals surface area contributed by atoms with E-state index >= 15 is 0 Å². The maximum absolute atomic E-state index is 12.0. The molecule has 2 atom stereocenters. The number of hydrogen-bond donors (Lipinski definition) is 3. The molecule has 0 aromatic carbocycles. The van der Waals surface area contributed by atoms with Crippen molar-refractivity contribution in [3.63, 3.8) is 0 Å². The number of carboxylic acids is 1. The van der Waals surface area contributed by atoms with E-state index < -0.39 is 5.97 Å². The van der Waals surface area contributed by atoms with E-state index in [-0.39, 0.29) is 30.0 Å². The Labute approximate surface area is 120 Å². The molecule has 0 saturated heterocycles. The molecular weight excluding hydrogens is 256 g/mol. The number of urea groups is 1. The quantitative estimate of drug-likeness (QED) is 0.725. The Balaban J connectivity index is 1.80. The first-order chi connectivity index (χ1) is 9.35. The van der Waals surface area contributed by atoms with Gasteiger partial charge in [-0.25, -0.2) is 4.79 Å². The van der Waals surface area contributed by atoms with Gasteiger partial charge in [-0.2, -0.15) is 0 Å². The zero-order chi connectivity index (χ0) is 14.8. The van der Waals surface area contributed by atoms with Gasteiger partial charge in [0.05, 0.1) is 6.42 Å². The van der Waals surface area contributed by atoms with Crippen molar-refractivity contribution in [1.29, 1.82) is 0 Å². The van der Waals surface area contributed by atoms with Gasteiger partial charge in [0.2, 0.25) is 0 Å². The predicted octanol–water partition coefficient (Wildman–Crippen LogP) is 2.51. The molecule has 114 valence electrons. The second-order valence-corrected chi connectivity index (χ2v) is 7.12. The lowest BCUT2D eigenvalue weighted by molar-refractivity contribution is -0.137. The molecule has 3 N–H and O–H groups in total. The van der Waals surface area contributed by atoms with Crippen LogP contribution in [0.3, 0.4) is 0 Å². The maximum atomic E-state index is 12.0. The second kappa shape index (κ2) is 6.02. The highest BCUT2D eigenvalue weighted by Gasteiger charge is 2.34. The average molecular weight is 282 g/mol. The summed E-state index contributed by atoms with van der Waals surface area (Å²) < 4.78 is 0. The topological polar surface area (TPSA) is 78.4 Å². The molecule has 2 rings (SSSR count). The summed E-state index contributed by atoms with van der Waals surface area (Å²) in [4.78, 5) is 22.9. The third-order valence-corrected chi connectivity index (χ3v) is 4.44. The van der Waals surface area contributed by atoms with Crippen LogP contribution in [0.15, 0.2) is 0 Å². The van der Waals surface area contributed by atoms with Crippen molar-refractivity contribution in [2.75, 3.05) is 0 Å². The van der Waals surface area contributed by atoms with Crippen molar-refractivity contribution in [1.82, 2.24) is 10.6 Å². The summed E-state index contributed by atoms with van der Waals surface area (Å²) in [6, 6.07) is -0.210. The van der Waals surface area contributed by atoms with Crippen LogP contribution in [-0.4, -0.2) is 29.2 Å². The summed E-state index contributed by atoms with van der Waals surface area (Å²) in [6.45, 7) is 4.46. The lowest BCUT2D eigenvalue weighted by Crippen LogP contribution is -2.49. The molecular formula is C15H26N2O3. The molecule has 0 aromatic heterocycles. The van der Waals surface area contributed by atoms with E-state index in [1.165, 1.54) is 6.42 Å². The van der Waals surface area contributed by atoms with E-state index in [0.717, 1.165) is 32.1 Å². The van der Waals surface area contributed by atoms with Crippen LogP contribution < -0.4 is 10.6 Å². The number of carbonyl (C=O) groups excluding carboxylic acids is 1. The Bertz CT molecular complexity index is 377. The predicted molar refractivity (Wildman–Crippen MR) is 76.5 cm³/mol. The molecule has 2 aliphatic carbocycles. The van der Waals surface area contributed by atoms with Gasteiger partial charge in [0.1, 0.15) is 0 Å². The van der Waals surface area contributed by atoms with Gasteiger partial charge in [0.15, 0.2) is 0 Å². The molecule has 2 unspecified atom stereocenters. The summed E-state index contributed by atoms with van der Waals surface area (Å²) in [6.07, 6.45) is 6.42. The minimum atomic E-state index is -0.846. The monoisotopic (exact) mass is 282 g/mol. The molecule has 5 nitrogen and oxygen atoms in total. The molecule has 0 spiro atoms. The number of nitrogens with one attached hydrogen (secondary N) is 2. The largest absolute Gasteiger partial charge is 0.481 e. The molecule has 2 amide bonds. The number of hydrogen-bond acceptors (Lipinski definition) is 2. The van der Waals surface area contributed by atoms with Crippen LogP contribution in [0.2, 0.25) is 0 Å². The van der Waals surface area contributed by atoms with Crippen molar-refractivity contribution < 1.29 is 14.7 Å². The van der Waals surface area contributed by atoms with Crippen molar-refractivity contribution in [3.8, 4) is 0 Å². The fourth-order valence-corrected chi connectivity index (χ4v) is 3.24. The standard InChI is InChI=1S/C15H26N2O3/c1-15(2)7-3-4-11(9-15)16-14(20)17-12(8-13(18)19)10-5-6-10/h10-12H,3-9H2,1-2H3,(H,18,19)(H2,16,17,20). The summed E-state index contributed by atoms with van der Waals surface area (Å²) in [5.41, 5.74) is 0.285. The summed E-state index contributed by atoms with van der Waals surface area (Å²) in [5.74, 6) is -0.499. The Morgan fingerprint density at radius 1 is 1.30 bits per heavy atom. The lowest BCUT2D eigenvalue weighted by atomic mass is 9.75. The molecule has 0 aromatic rings. The van der Waals surface area contributed by atoms with Crippen LogP contribution in [-0.2, 0) is 4.79 Å². The van der Waals surface area contributed by atoms with Gasteiger partial charge in [-0.3, -0.25) is 4.79 Å². The zero-order valence-corrected chi connectivity index (χ0v) is 12.4.